The fourth-order valence-electron chi connectivity index (χ4n) is 5.18. The second-order valence-electron chi connectivity index (χ2n) is 8.66. The number of aryl methyl sites for hydroxylation is 1. The predicted molar refractivity (Wildman–Crippen MR) is 121 cm³/mol. The first kappa shape index (κ1) is 20.2. The van der Waals surface area contributed by atoms with E-state index in [0.29, 0.717) is 12.0 Å². The third-order valence-electron chi connectivity index (χ3n) is 6.65. The quantitative estimate of drug-likeness (QED) is 0.544. The highest BCUT2D eigenvalue weighted by Crippen LogP contribution is 2.46. The Labute approximate surface area is 185 Å². The molecule has 3 atom stereocenters. The fraction of sp³-hybridized carbons (Fsp3) is 0.391. The first-order chi connectivity index (χ1) is 14.3. The van der Waals surface area contributed by atoms with Crippen LogP contribution in [0.4, 0.5) is 0 Å². The molecule has 2 heterocycles. The van der Waals surface area contributed by atoms with Crippen LogP contribution in [0, 0.1) is 12.8 Å². The Balaban J connectivity index is 1.38. The average molecular weight is 489 g/mol. The van der Waals surface area contributed by atoms with Crippen molar-refractivity contribution in [1.29, 1.82) is 0 Å². The van der Waals surface area contributed by atoms with Crippen LogP contribution >= 0.6 is 15.9 Å². The number of aromatic amines is 1. The Bertz CT molecular complexity index is 1200. The van der Waals surface area contributed by atoms with Crippen LogP contribution in [0.2, 0.25) is 0 Å². The van der Waals surface area contributed by atoms with Crippen molar-refractivity contribution in [3.63, 3.8) is 0 Å². The molecule has 1 fully saturated rings. The molecule has 158 valence electrons. The largest absolute Gasteiger partial charge is 0.349 e. The maximum atomic E-state index is 12.6. The third-order valence-corrected chi connectivity index (χ3v) is 8.63. The lowest BCUT2D eigenvalue weighted by atomic mass is 9.72. The molecular formula is C23H25BrN2O3S. The van der Waals surface area contributed by atoms with Crippen molar-refractivity contribution in [2.75, 3.05) is 20.2 Å². The van der Waals surface area contributed by atoms with E-state index in [2.05, 4.69) is 51.1 Å². The molecule has 2 aromatic carbocycles. The zero-order valence-electron chi connectivity index (χ0n) is 17.1. The molecule has 30 heavy (non-hydrogen) atoms. The number of halogens is 1. The number of rotatable bonds is 4. The number of hydrogen-bond donors (Lipinski definition) is 1. The van der Waals surface area contributed by atoms with Crippen LogP contribution in [0.15, 0.2) is 52.0 Å². The van der Waals surface area contributed by atoms with Crippen molar-refractivity contribution in [1.82, 2.24) is 9.88 Å². The summed E-state index contributed by atoms with van der Waals surface area (Å²) in [6, 6.07) is 13.7. The van der Waals surface area contributed by atoms with Crippen LogP contribution in [0.3, 0.4) is 0 Å². The van der Waals surface area contributed by atoms with Gasteiger partial charge in [0.2, 0.25) is 0 Å². The Morgan fingerprint density at radius 3 is 2.73 bits per heavy atom. The molecule has 1 N–H and O–H groups in total. The van der Waals surface area contributed by atoms with Gasteiger partial charge in [0.1, 0.15) is 0 Å². The number of likely N-dealkylation sites (N-methyl/N-ethyl adjacent to an activating group) is 1. The van der Waals surface area contributed by atoms with E-state index in [0.717, 1.165) is 35.1 Å². The molecule has 0 amide bonds. The summed E-state index contributed by atoms with van der Waals surface area (Å²) in [5, 5.41) is 1.33. The maximum absolute atomic E-state index is 12.6. The lowest BCUT2D eigenvalue weighted by molar-refractivity contribution is 0.0853. The zero-order chi connectivity index (χ0) is 21.0. The minimum Gasteiger partial charge on any atom is -0.349 e. The molecule has 0 bridgehead atoms. The molecule has 2 aliphatic rings. The zero-order valence-corrected chi connectivity index (χ0v) is 19.5. The van der Waals surface area contributed by atoms with Gasteiger partial charge < -0.3 is 9.88 Å². The SMILES string of the molecule is Cc1ccc(S(=O)(=O)OC[C@@H]2CC3c4cccc5[nH]c(Br)c(c45)C[C@H]3N(C)C2)cc1. The first-order valence-electron chi connectivity index (χ1n) is 10.3. The van der Waals surface area contributed by atoms with Gasteiger partial charge in [-0.05, 0) is 78.0 Å². The van der Waals surface area contributed by atoms with Crippen LogP contribution in [0.5, 0.6) is 0 Å². The van der Waals surface area contributed by atoms with Gasteiger partial charge in [0.15, 0.2) is 0 Å². The molecular weight excluding hydrogens is 464 g/mol. The molecule has 1 saturated heterocycles. The van der Waals surface area contributed by atoms with E-state index in [-0.39, 0.29) is 17.4 Å². The number of nitrogens with one attached hydrogen (secondary N) is 1. The van der Waals surface area contributed by atoms with E-state index in [4.69, 9.17) is 4.18 Å². The molecule has 0 spiro atoms. The van der Waals surface area contributed by atoms with E-state index in [1.54, 1.807) is 24.3 Å². The first-order valence-corrected chi connectivity index (χ1v) is 12.5. The number of fused-ring (bicyclic) bond motifs is 2. The summed E-state index contributed by atoms with van der Waals surface area (Å²) >= 11 is 3.70. The third kappa shape index (κ3) is 3.42. The second kappa shape index (κ2) is 7.48. The van der Waals surface area contributed by atoms with Gasteiger partial charge in [-0.2, -0.15) is 8.42 Å². The summed E-state index contributed by atoms with van der Waals surface area (Å²) in [4.78, 5) is 6.05. The van der Waals surface area contributed by atoms with Gasteiger partial charge in [0.25, 0.3) is 10.1 Å². The minimum atomic E-state index is -3.74. The number of H-pyrrole nitrogens is 1. The number of hydrogen-bond acceptors (Lipinski definition) is 4. The molecule has 7 heteroatoms. The summed E-state index contributed by atoms with van der Waals surface area (Å²) in [6.45, 7) is 2.98. The van der Waals surface area contributed by atoms with Crippen LogP contribution < -0.4 is 0 Å². The topological polar surface area (TPSA) is 62.4 Å². The average Bonchev–Trinajstić information content (AvgIpc) is 3.04. The molecule has 5 nitrogen and oxygen atoms in total. The van der Waals surface area contributed by atoms with Gasteiger partial charge in [0.05, 0.1) is 16.1 Å². The normalized spacial score (nSPS) is 24.2. The standard InChI is InChI=1S/C23H25BrN2O3S/c1-14-6-8-16(9-7-14)30(27,28)29-13-15-10-18-17-4-3-5-20-22(17)19(23(24)25-20)11-21(18)26(2)12-15/h3-9,15,18,21,25H,10-13H2,1-2H3/t15-,18?,21-/m1/s1. The highest BCUT2D eigenvalue weighted by atomic mass is 79.9. The highest BCUT2D eigenvalue weighted by molar-refractivity contribution is 9.10. The second-order valence-corrected chi connectivity index (χ2v) is 11.1. The molecule has 3 aromatic rings. The molecule has 5 rings (SSSR count). The smallest absolute Gasteiger partial charge is 0.296 e. The summed E-state index contributed by atoms with van der Waals surface area (Å²) in [6.07, 6.45) is 1.92. The van der Waals surface area contributed by atoms with E-state index in [9.17, 15) is 8.42 Å². The van der Waals surface area contributed by atoms with Crippen molar-refractivity contribution < 1.29 is 12.6 Å². The summed E-state index contributed by atoms with van der Waals surface area (Å²) in [7, 11) is -1.60. The molecule has 0 radical (unpaired) electrons. The maximum Gasteiger partial charge on any atom is 0.296 e. The number of nitrogens with zero attached hydrogens (tertiary/aromatic N) is 1. The predicted octanol–water partition coefficient (Wildman–Crippen LogP) is 4.60. The lowest BCUT2D eigenvalue weighted by Gasteiger charge is -2.45. The van der Waals surface area contributed by atoms with Crippen molar-refractivity contribution in [2.45, 2.75) is 36.6 Å². The van der Waals surface area contributed by atoms with E-state index < -0.39 is 10.1 Å². The van der Waals surface area contributed by atoms with Crippen molar-refractivity contribution in [3.8, 4) is 0 Å². The van der Waals surface area contributed by atoms with Gasteiger partial charge in [-0.25, -0.2) is 0 Å². The van der Waals surface area contributed by atoms with Crippen LogP contribution in [-0.4, -0.2) is 44.5 Å². The van der Waals surface area contributed by atoms with Crippen molar-refractivity contribution >= 4 is 37.0 Å². The van der Waals surface area contributed by atoms with Gasteiger partial charge in [0, 0.05) is 29.4 Å². The molecule has 1 aliphatic heterocycles. The number of benzene rings is 2. The molecule has 0 saturated carbocycles. The number of piperidine rings is 1. The number of likely N-dealkylation sites (tertiary alicyclic amines) is 1. The molecule has 1 unspecified atom stereocenters. The van der Waals surface area contributed by atoms with Gasteiger partial charge >= 0.3 is 0 Å². The summed E-state index contributed by atoms with van der Waals surface area (Å²) in [5.74, 6) is 0.536. The van der Waals surface area contributed by atoms with Crippen LogP contribution in [0.25, 0.3) is 10.9 Å². The van der Waals surface area contributed by atoms with E-state index in [1.165, 1.54) is 16.5 Å². The lowest BCUT2D eigenvalue weighted by Crippen LogP contribution is -2.48. The van der Waals surface area contributed by atoms with Crippen molar-refractivity contribution in [2.24, 2.45) is 5.92 Å². The van der Waals surface area contributed by atoms with Crippen LogP contribution in [-0.2, 0) is 20.7 Å². The number of aromatic nitrogens is 1. The van der Waals surface area contributed by atoms with Gasteiger partial charge in [-0.1, -0.05) is 29.8 Å². The summed E-state index contributed by atoms with van der Waals surface area (Å²) < 4.78 is 31.8. The fourth-order valence-corrected chi connectivity index (χ4v) is 6.73. The highest BCUT2D eigenvalue weighted by Gasteiger charge is 2.40. The van der Waals surface area contributed by atoms with E-state index >= 15 is 0 Å². The Kier molecular flexibility index (Phi) is 5.05. The van der Waals surface area contributed by atoms with Gasteiger partial charge in [-0.15, -0.1) is 0 Å². The Morgan fingerprint density at radius 2 is 1.97 bits per heavy atom. The minimum absolute atomic E-state index is 0.163. The Morgan fingerprint density at radius 1 is 1.20 bits per heavy atom. The Hall–Kier alpha value is -1.67. The summed E-state index contributed by atoms with van der Waals surface area (Å²) in [5.41, 5.74) is 4.90. The monoisotopic (exact) mass is 488 g/mol. The van der Waals surface area contributed by atoms with Crippen molar-refractivity contribution in [3.05, 3.63) is 63.8 Å². The van der Waals surface area contributed by atoms with Crippen LogP contribution in [0.1, 0.15) is 29.0 Å². The van der Waals surface area contributed by atoms with Gasteiger partial charge in [-0.3, -0.25) is 4.18 Å². The molecule has 1 aliphatic carbocycles. The molecule has 1 aromatic heterocycles. The van der Waals surface area contributed by atoms with E-state index in [1.807, 2.05) is 6.92 Å².